The molecule has 8 nitrogen and oxygen atoms in total. The van der Waals surface area contributed by atoms with Crippen molar-refractivity contribution in [3.63, 3.8) is 0 Å². The molecule has 4 aromatic rings. The smallest absolute Gasteiger partial charge is 0.273 e. The number of methoxy groups -OCH3 is 1. The maximum Gasteiger partial charge on any atom is 0.273 e. The molecule has 0 bridgehead atoms. The Kier molecular flexibility index (Phi) is 5.48. The molecule has 0 aliphatic carbocycles. The number of imidazole rings is 1. The van der Waals surface area contributed by atoms with E-state index in [1.165, 1.54) is 19.2 Å². The van der Waals surface area contributed by atoms with Gasteiger partial charge < -0.3 is 13.9 Å². The standard InChI is InChI=1S/C24H21N5O3/c1-16-10-19(11-18(13-25)14-27-15-26-21-6-4-5-7-22(21)27)17(2)28(16)23-9-8-20(29(30)31)12-24(23)32-3/h4-12,15H,14H2,1-3H3/b18-11-. The molecular weight excluding hydrogens is 406 g/mol. The van der Waals surface area contributed by atoms with E-state index in [1.54, 1.807) is 12.4 Å². The number of nitriles is 1. The van der Waals surface area contributed by atoms with Gasteiger partial charge in [-0.25, -0.2) is 4.98 Å². The summed E-state index contributed by atoms with van der Waals surface area (Å²) in [4.78, 5) is 15.1. The van der Waals surface area contributed by atoms with Crippen LogP contribution in [-0.4, -0.2) is 26.2 Å². The summed E-state index contributed by atoms with van der Waals surface area (Å²) in [7, 11) is 1.49. The number of nitro benzene ring substituents is 1. The first kappa shape index (κ1) is 20.9. The molecule has 0 aliphatic rings. The lowest BCUT2D eigenvalue weighted by atomic mass is 10.1. The summed E-state index contributed by atoms with van der Waals surface area (Å²) in [6, 6.07) is 16.6. The summed E-state index contributed by atoms with van der Waals surface area (Å²) < 4.78 is 9.34. The summed E-state index contributed by atoms with van der Waals surface area (Å²) >= 11 is 0. The van der Waals surface area contributed by atoms with Crippen molar-refractivity contribution in [3.8, 4) is 17.5 Å². The molecular formula is C24H21N5O3. The molecule has 2 aromatic heterocycles. The fourth-order valence-electron chi connectivity index (χ4n) is 3.89. The Morgan fingerprint density at radius 1 is 1.25 bits per heavy atom. The molecule has 0 radical (unpaired) electrons. The SMILES string of the molecule is COc1cc([N+](=O)[O-])ccc1-n1c(C)cc(/C=C(/C#N)Cn2cnc3ccccc32)c1C. The molecule has 0 saturated carbocycles. The third-order valence-electron chi connectivity index (χ3n) is 5.43. The normalized spacial score (nSPS) is 11.5. The molecule has 0 amide bonds. The largest absolute Gasteiger partial charge is 0.494 e. The number of non-ortho nitro benzene ring substituents is 1. The Bertz CT molecular complexity index is 1410. The summed E-state index contributed by atoms with van der Waals surface area (Å²) in [5, 5.41) is 20.9. The monoisotopic (exact) mass is 427 g/mol. The van der Waals surface area contributed by atoms with Crippen molar-refractivity contribution in [2.45, 2.75) is 20.4 Å². The third kappa shape index (κ3) is 3.72. The molecule has 8 heteroatoms. The fraction of sp³-hybridized carbons (Fsp3) is 0.167. The van der Waals surface area contributed by atoms with E-state index in [4.69, 9.17) is 4.74 Å². The zero-order valence-electron chi connectivity index (χ0n) is 17.9. The van der Waals surface area contributed by atoms with Gasteiger partial charge >= 0.3 is 0 Å². The Labute approximate surface area is 184 Å². The van der Waals surface area contributed by atoms with E-state index in [0.29, 0.717) is 23.6 Å². The van der Waals surface area contributed by atoms with Gasteiger partial charge in [0.15, 0.2) is 0 Å². The molecule has 32 heavy (non-hydrogen) atoms. The number of rotatable bonds is 6. The summed E-state index contributed by atoms with van der Waals surface area (Å²) in [6.45, 7) is 4.30. The van der Waals surface area contributed by atoms with Crippen LogP contribution >= 0.6 is 0 Å². The minimum Gasteiger partial charge on any atom is -0.494 e. The quantitative estimate of drug-likeness (QED) is 0.246. The van der Waals surface area contributed by atoms with E-state index in [2.05, 4.69) is 11.1 Å². The molecule has 0 unspecified atom stereocenters. The molecule has 160 valence electrons. The van der Waals surface area contributed by atoms with Gasteiger partial charge in [0.25, 0.3) is 5.69 Å². The van der Waals surface area contributed by atoms with Gasteiger partial charge in [0, 0.05) is 23.0 Å². The van der Waals surface area contributed by atoms with E-state index >= 15 is 0 Å². The van der Waals surface area contributed by atoms with Crippen molar-refractivity contribution in [2.75, 3.05) is 7.11 Å². The molecule has 4 rings (SSSR count). The molecule has 2 aromatic carbocycles. The van der Waals surface area contributed by atoms with Gasteiger partial charge in [0.05, 0.1) is 53.8 Å². The van der Waals surface area contributed by atoms with Crippen molar-refractivity contribution in [2.24, 2.45) is 0 Å². The number of hydrogen-bond acceptors (Lipinski definition) is 5. The second-order valence-electron chi connectivity index (χ2n) is 7.42. The second kappa shape index (κ2) is 8.40. The third-order valence-corrected chi connectivity index (χ3v) is 5.43. The maximum atomic E-state index is 11.1. The zero-order chi connectivity index (χ0) is 22.8. The van der Waals surface area contributed by atoms with Crippen LogP contribution in [0.15, 0.2) is 60.4 Å². The van der Waals surface area contributed by atoms with Crippen molar-refractivity contribution in [3.05, 3.63) is 87.5 Å². The second-order valence-corrected chi connectivity index (χ2v) is 7.42. The highest BCUT2D eigenvalue weighted by atomic mass is 16.6. The lowest BCUT2D eigenvalue weighted by molar-refractivity contribution is -0.384. The average Bonchev–Trinajstić information content (AvgIpc) is 3.32. The topological polar surface area (TPSA) is 98.9 Å². The highest BCUT2D eigenvalue weighted by Gasteiger charge is 2.17. The Hall–Kier alpha value is -4.38. The van der Waals surface area contributed by atoms with E-state index in [-0.39, 0.29) is 5.69 Å². The van der Waals surface area contributed by atoms with Crippen LogP contribution < -0.4 is 4.74 Å². The maximum absolute atomic E-state index is 11.1. The molecule has 0 fully saturated rings. The van der Waals surface area contributed by atoms with E-state index in [9.17, 15) is 15.4 Å². The fourth-order valence-corrected chi connectivity index (χ4v) is 3.89. The van der Waals surface area contributed by atoms with Crippen LogP contribution in [0.1, 0.15) is 17.0 Å². The van der Waals surface area contributed by atoms with Gasteiger partial charge in [0.2, 0.25) is 0 Å². The molecule has 2 heterocycles. The minimum atomic E-state index is -0.450. The first-order chi connectivity index (χ1) is 15.4. The molecule has 0 aliphatic heterocycles. The van der Waals surface area contributed by atoms with E-state index in [1.807, 2.05) is 59.4 Å². The van der Waals surface area contributed by atoms with Gasteiger partial charge in [-0.1, -0.05) is 12.1 Å². The number of benzene rings is 2. The van der Waals surface area contributed by atoms with Crippen LogP contribution in [0, 0.1) is 35.3 Å². The predicted octanol–water partition coefficient (Wildman–Crippen LogP) is 4.97. The number of hydrogen-bond donors (Lipinski definition) is 0. The number of para-hydroxylation sites is 2. The number of aryl methyl sites for hydroxylation is 1. The lowest BCUT2D eigenvalue weighted by Gasteiger charge is -2.14. The van der Waals surface area contributed by atoms with Crippen LogP contribution in [0.25, 0.3) is 22.8 Å². The Morgan fingerprint density at radius 2 is 2.03 bits per heavy atom. The number of ether oxygens (including phenoxy) is 1. The minimum absolute atomic E-state index is 0.0347. The first-order valence-electron chi connectivity index (χ1n) is 9.95. The molecule has 0 spiro atoms. The zero-order valence-corrected chi connectivity index (χ0v) is 17.9. The van der Waals surface area contributed by atoms with Crippen molar-refractivity contribution in [1.29, 1.82) is 5.26 Å². The van der Waals surface area contributed by atoms with Crippen molar-refractivity contribution in [1.82, 2.24) is 14.1 Å². The molecule has 0 N–H and O–H groups in total. The van der Waals surface area contributed by atoms with Crippen LogP contribution in [0.5, 0.6) is 5.75 Å². The van der Waals surface area contributed by atoms with Gasteiger partial charge in [0.1, 0.15) is 5.75 Å². The van der Waals surface area contributed by atoms with Gasteiger partial charge in [-0.05, 0) is 49.8 Å². The van der Waals surface area contributed by atoms with Gasteiger partial charge in [-0.15, -0.1) is 0 Å². The first-order valence-corrected chi connectivity index (χ1v) is 9.95. The average molecular weight is 427 g/mol. The van der Waals surface area contributed by atoms with Crippen LogP contribution in [0.2, 0.25) is 0 Å². The number of aromatic nitrogens is 3. The van der Waals surface area contributed by atoms with Crippen LogP contribution in [0.3, 0.4) is 0 Å². The van der Waals surface area contributed by atoms with Crippen molar-refractivity contribution < 1.29 is 9.66 Å². The van der Waals surface area contributed by atoms with Gasteiger partial charge in [-0.2, -0.15) is 5.26 Å². The van der Waals surface area contributed by atoms with Crippen LogP contribution in [-0.2, 0) is 6.54 Å². The predicted molar refractivity (Wildman–Crippen MR) is 122 cm³/mol. The summed E-state index contributed by atoms with van der Waals surface area (Å²) in [6.07, 6.45) is 3.60. The Morgan fingerprint density at radius 3 is 2.75 bits per heavy atom. The van der Waals surface area contributed by atoms with Crippen LogP contribution in [0.4, 0.5) is 5.69 Å². The number of nitro groups is 1. The number of nitrogens with zero attached hydrogens (tertiary/aromatic N) is 5. The Balaban J connectivity index is 1.73. The molecule has 0 atom stereocenters. The highest BCUT2D eigenvalue weighted by Crippen LogP contribution is 2.32. The number of fused-ring (bicyclic) bond motifs is 1. The lowest BCUT2D eigenvalue weighted by Crippen LogP contribution is -2.03. The summed E-state index contributed by atoms with van der Waals surface area (Å²) in [5.41, 5.74) is 5.82. The highest BCUT2D eigenvalue weighted by molar-refractivity contribution is 5.75. The van der Waals surface area contributed by atoms with E-state index in [0.717, 1.165) is 28.0 Å². The number of allylic oxidation sites excluding steroid dienone is 1. The molecule has 0 saturated heterocycles. The van der Waals surface area contributed by atoms with Crippen molar-refractivity contribution >= 4 is 22.8 Å². The summed E-state index contributed by atoms with van der Waals surface area (Å²) in [5.74, 6) is 0.405. The van der Waals surface area contributed by atoms with E-state index < -0.39 is 4.92 Å². The van der Waals surface area contributed by atoms with Gasteiger partial charge in [-0.3, -0.25) is 10.1 Å².